The zero-order valence-corrected chi connectivity index (χ0v) is 10.8. The number of carbonyl (C=O) groups excluding carboxylic acids is 1. The van der Waals surface area contributed by atoms with Gasteiger partial charge >= 0.3 is 5.97 Å². The van der Waals surface area contributed by atoms with Gasteiger partial charge in [-0.15, -0.1) is 0 Å². The first-order valence-corrected chi connectivity index (χ1v) is 6.03. The number of hydrogen-bond acceptors (Lipinski definition) is 4. The van der Waals surface area contributed by atoms with Crippen molar-refractivity contribution in [3.05, 3.63) is 23.5 Å². The quantitative estimate of drug-likeness (QED) is 0.628. The van der Waals surface area contributed by atoms with Crippen LogP contribution < -0.4 is 5.32 Å². The van der Waals surface area contributed by atoms with E-state index in [9.17, 15) is 4.79 Å². The van der Waals surface area contributed by atoms with Gasteiger partial charge in [-0.05, 0) is 32.4 Å². The predicted molar refractivity (Wildman–Crippen MR) is 68.2 cm³/mol. The molecule has 0 saturated carbocycles. The van der Waals surface area contributed by atoms with Crippen LogP contribution in [0.1, 0.15) is 26.7 Å². The zero-order valence-electron chi connectivity index (χ0n) is 10.1. The number of nitrogens with one attached hydrogen (secondary N) is 1. The SMILES string of the molecule is CCOC(=O)CCC(C)Nc1ccnc(Cl)c1. The molecule has 0 amide bonds. The first-order chi connectivity index (χ1) is 8.11. The Morgan fingerprint density at radius 2 is 2.41 bits per heavy atom. The molecule has 0 aliphatic heterocycles. The third-order valence-corrected chi connectivity index (χ3v) is 2.43. The van der Waals surface area contributed by atoms with Crippen LogP contribution in [0.15, 0.2) is 18.3 Å². The van der Waals surface area contributed by atoms with Crippen LogP contribution in [0.25, 0.3) is 0 Å². The molecular weight excluding hydrogens is 240 g/mol. The summed E-state index contributed by atoms with van der Waals surface area (Å²) in [6.45, 7) is 4.24. The number of pyridine rings is 1. The van der Waals surface area contributed by atoms with Gasteiger partial charge in [0, 0.05) is 24.3 Å². The maximum Gasteiger partial charge on any atom is 0.305 e. The number of carbonyl (C=O) groups is 1. The van der Waals surface area contributed by atoms with Gasteiger partial charge in [-0.3, -0.25) is 4.79 Å². The van der Waals surface area contributed by atoms with Crippen molar-refractivity contribution in [3.8, 4) is 0 Å². The highest BCUT2D eigenvalue weighted by Gasteiger charge is 2.07. The Balaban J connectivity index is 2.34. The molecule has 4 nitrogen and oxygen atoms in total. The molecule has 0 aliphatic carbocycles. The Hall–Kier alpha value is -1.29. The highest BCUT2D eigenvalue weighted by Crippen LogP contribution is 2.14. The molecule has 1 aromatic heterocycles. The third-order valence-electron chi connectivity index (χ3n) is 2.23. The molecule has 0 aliphatic rings. The van der Waals surface area contributed by atoms with Gasteiger partial charge in [-0.25, -0.2) is 4.98 Å². The van der Waals surface area contributed by atoms with Crippen molar-refractivity contribution in [1.82, 2.24) is 4.98 Å². The number of hydrogen-bond donors (Lipinski definition) is 1. The molecule has 1 atom stereocenters. The van der Waals surface area contributed by atoms with E-state index >= 15 is 0 Å². The van der Waals surface area contributed by atoms with Crippen molar-refractivity contribution in [3.63, 3.8) is 0 Å². The van der Waals surface area contributed by atoms with Crippen molar-refractivity contribution in [2.75, 3.05) is 11.9 Å². The second-order valence-electron chi connectivity index (χ2n) is 3.76. The van der Waals surface area contributed by atoms with Gasteiger partial charge in [0.05, 0.1) is 6.61 Å². The minimum Gasteiger partial charge on any atom is -0.466 e. The summed E-state index contributed by atoms with van der Waals surface area (Å²) in [6.07, 6.45) is 2.78. The fourth-order valence-corrected chi connectivity index (χ4v) is 1.59. The van der Waals surface area contributed by atoms with E-state index in [0.717, 1.165) is 12.1 Å². The maximum atomic E-state index is 11.2. The molecule has 5 heteroatoms. The highest BCUT2D eigenvalue weighted by molar-refractivity contribution is 6.29. The molecule has 0 radical (unpaired) electrons. The molecule has 1 N–H and O–H groups in total. The van der Waals surface area contributed by atoms with Crippen LogP contribution in [0, 0.1) is 0 Å². The molecule has 1 aromatic rings. The molecule has 0 aromatic carbocycles. The van der Waals surface area contributed by atoms with Crippen LogP contribution in [0.2, 0.25) is 5.15 Å². The van der Waals surface area contributed by atoms with Gasteiger partial charge in [-0.2, -0.15) is 0 Å². The minimum atomic E-state index is -0.158. The summed E-state index contributed by atoms with van der Waals surface area (Å²) < 4.78 is 4.86. The van der Waals surface area contributed by atoms with Crippen molar-refractivity contribution < 1.29 is 9.53 Å². The summed E-state index contributed by atoms with van der Waals surface area (Å²) in [5.41, 5.74) is 0.904. The molecule has 17 heavy (non-hydrogen) atoms. The van der Waals surface area contributed by atoms with Crippen molar-refractivity contribution in [2.24, 2.45) is 0 Å². The van der Waals surface area contributed by atoms with Gasteiger partial charge in [0.1, 0.15) is 5.15 Å². The number of anilines is 1. The number of ether oxygens (including phenoxy) is 1. The van der Waals surface area contributed by atoms with Crippen LogP contribution in [-0.4, -0.2) is 23.6 Å². The summed E-state index contributed by atoms with van der Waals surface area (Å²) in [7, 11) is 0. The van der Waals surface area contributed by atoms with Crippen LogP contribution in [0.5, 0.6) is 0 Å². The number of aromatic nitrogens is 1. The van der Waals surface area contributed by atoms with Crippen LogP contribution in [0.4, 0.5) is 5.69 Å². The Labute approximate surface area is 106 Å². The topological polar surface area (TPSA) is 51.2 Å². The molecular formula is C12H17ClN2O2. The minimum absolute atomic E-state index is 0.158. The van der Waals surface area contributed by atoms with E-state index in [4.69, 9.17) is 16.3 Å². The third kappa shape index (κ3) is 5.54. The molecule has 0 saturated heterocycles. The first kappa shape index (κ1) is 13.8. The molecule has 1 rings (SSSR count). The van der Waals surface area contributed by atoms with E-state index in [1.807, 2.05) is 13.0 Å². The van der Waals surface area contributed by atoms with E-state index in [-0.39, 0.29) is 12.0 Å². The molecule has 94 valence electrons. The number of nitrogens with zero attached hydrogens (tertiary/aromatic N) is 1. The fourth-order valence-electron chi connectivity index (χ4n) is 1.42. The number of rotatable bonds is 6. The Kier molecular flexibility index (Phi) is 5.77. The molecule has 0 bridgehead atoms. The Morgan fingerprint density at radius 3 is 3.06 bits per heavy atom. The van der Waals surface area contributed by atoms with Gasteiger partial charge < -0.3 is 10.1 Å². The van der Waals surface area contributed by atoms with Crippen molar-refractivity contribution >= 4 is 23.3 Å². The first-order valence-electron chi connectivity index (χ1n) is 5.65. The molecule has 1 unspecified atom stereocenters. The lowest BCUT2D eigenvalue weighted by molar-refractivity contribution is -0.143. The molecule has 1 heterocycles. The average molecular weight is 257 g/mol. The lowest BCUT2D eigenvalue weighted by atomic mass is 10.2. The van der Waals surface area contributed by atoms with E-state index < -0.39 is 0 Å². The monoisotopic (exact) mass is 256 g/mol. The highest BCUT2D eigenvalue weighted by atomic mass is 35.5. The second-order valence-corrected chi connectivity index (χ2v) is 4.14. The predicted octanol–water partition coefficient (Wildman–Crippen LogP) is 2.88. The summed E-state index contributed by atoms with van der Waals surface area (Å²) in [5, 5.41) is 3.70. The van der Waals surface area contributed by atoms with E-state index in [0.29, 0.717) is 18.2 Å². The normalized spacial score (nSPS) is 11.9. The Bertz CT molecular complexity index is 371. The smallest absolute Gasteiger partial charge is 0.305 e. The number of halogens is 1. The van der Waals surface area contributed by atoms with E-state index in [2.05, 4.69) is 10.3 Å². The molecule has 0 fully saturated rings. The average Bonchev–Trinajstić information content (AvgIpc) is 2.27. The van der Waals surface area contributed by atoms with E-state index in [1.54, 1.807) is 19.2 Å². The largest absolute Gasteiger partial charge is 0.466 e. The lowest BCUT2D eigenvalue weighted by Gasteiger charge is -2.14. The van der Waals surface area contributed by atoms with Gasteiger partial charge in [-0.1, -0.05) is 11.6 Å². The van der Waals surface area contributed by atoms with E-state index in [1.165, 1.54) is 0 Å². The second kappa shape index (κ2) is 7.12. The zero-order chi connectivity index (χ0) is 12.7. The summed E-state index contributed by atoms with van der Waals surface area (Å²) in [4.78, 5) is 15.1. The standard InChI is InChI=1S/C12H17ClN2O2/c1-3-17-12(16)5-4-9(2)15-10-6-7-14-11(13)8-10/h6-9H,3-5H2,1-2H3,(H,14,15). The summed E-state index contributed by atoms with van der Waals surface area (Å²) >= 11 is 5.77. The van der Waals surface area contributed by atoms with Crippen LogP contribution in [0.3, 0.4) is 0 Å². The van der Waals surface area contributed by atoms with Crippen molar-refractivity contribution in [1.29, 1.82) is 0 Å². The summed E-state index contributed by atoms with van der Waals surface area (Å²) in [5.74, 6) is -0.158. The summed E-state index contributed by atoms with van der Waals surface area (Å²) in [6, 6.07) is 3.77. The van der Waals surface area contributed by atoms with Gasteiger partial charge in [0.25, 0.3) is 0 Å². The van der Waals surface area contributed by atoms with Gasteiger partial charge in [0.2, 0.25) is 0 Å². The maximum absolute atomic E-state index is 11.2. The van der Waals surface area contributed by atoms with Crippen LogP contribution >= 0.6 is 11.6 Å². The van der Waals surface area contributed by atoms with Crippen molar-refractivity contribution in [2.45, 2.75) is 32.7 Å². The molecule has 0 spiro atoms. The fraction of sp³-hybridized carbons (Fsp3) is 0.500. The lowest BCUT2D eigenvalue weighted by Crippen LogP contribution is -2.17. The van der Waals surface area contributed by atoms with Gasteiger partial charge in [0.15, 0.2) is 0 Å². The van der Waals surface area contributed by atoms with Crippen LogP contribution in [-0.2, 0) is 9.53 Å². The number of esters is 1. The Morgan fingerprint density at radius 1 is 1.65 bits per heavy atom.